The molecule has 7 nitrogen and oxygen atoms in total. The number of carbonyl (C=O) groups is 2. The maximum atomic E-state index is 13.0. The average molecular weight is 392 g/mol. The molecule has 0 bridgehead atoms. The molecule has 1 aliphatic carbocycles. The molecule has 2 aromatic heterocycles. The highest BCUT2D eigenvalue weighted by Crippen LogP contribution is 2.27. The Morgan fingerprint density at radius 2 is 1.90 bits per heavy atom. The van der Waals surface area contributed by atoms with E-state index in [1.165, 1.54) is 0 Å². The summed E-state index contributed by atoms with van der Waals surface area (Å²) in [5, 5.41) is 7.87. The minimum atomic E-state index is -0.869. The number of hydrogen-bond donors (Lipinski definition) is 1. The highest BCUT2D eigenvalue weighted by Gasteiger charge is 2.28. The first-order chi connectivity index (χ1) is 13.9. The Kier molecular flexibility index (Phi) is 5.05. The van der Waals surface area contributed by atoms with Crippen molar-refractivity contribution in [1.82, 2.24) is 20.1 Å². The van der Waals surface area contributed by atoms with Gasteiger partial charge in [-0.1, -0.05) is 30.3 Å². The number of rotatable bonds is 6. The summed E-state index contributed by atoms with van der Waals surface area (Å²) in [5.74, 6) is -0.830. The van der Waals surface area contributed by atoms with E-state index in [4.69, 9.17) is 9.72 Å². The van der Waals surface area contributed by atoms with Crippen LogP contribution < -0.4 is 5.32 Å². The lowest BCUT2D eigenvalue weighted by Gasteiger charge is -2.14. The second kappa shape index (κ2) is 7.66. The number of pyridine rings is 1. The van der Waals surface area contributed by atoms with Crippen molar-refractivity contribution in [3.63, 3.8) is 0 Å². The number of esters is 1. The van der Waals surface area contributed by atoms with Crippen molar-refractivity contribution in [2.24, 2.45) is 0 Å². The summed E-state index contributed by atoms with van der Waals surface area (Å²) in [4.78, 5) is 29.9. The van der Waals surface area contributed by atoms with Crippen LogP contribution in [0.2, 0.25) is 0 Å². The van der Waals surface area contributed by atoms with Crippen LogP contribution in [0.1, 0.15) is 50.0 Å². The number of ether oxygens (including phenoxy) is 1. The molecular weight excluding hydrogens is 368 g/mol. The Morgan fingerprint density at radius 3 is 2.55 bits per heavy atom. The average Bonchev–Trinajstić information content (AvgIpc) is 3.42. The van der Waals surface area contributed by atoms with E-state index in [0.29, 0.717) is 22.3 Å². The normalized spacial score (nSPS) is 14.8. The van der Waals surface area contributed by atoms with Crippen LogP contribution in [-0.2, 0) is 9.53 Å². The van der Waals surface area contributed by atoms with Gasteiger partial charge in [0.05, 0.1) is 22.8 Å². The molecule has 4 rings (SSSR count). The van der Waals surface area contributed by atoms with Crippen LogP contribution in [0.25, 0.3) is 22.3 Å². The Morgan fingerprint density at radius 1 is 1.17 bits per heavy atom. The molecule has 1 atom stereocenters. The van der Waals surface area contributed by atoms with Crippen LogP contribution >= 0.6 is 0 Å². The van der Waals surface area contributed by atoms with Crippen LogP contribution in [0.3, 0.4) is 0 Å². The first-order valence-corrected chi connectivity index (χ1v) is 9.89. The monoisotopic (exact) mass is 392 g/mol. The molecule has 1 aliphatic rings. The number of aromatic nitrogens is 3. The van der Waals surface area contributed by atoms with Crippen LogP contribution in [-0.4, -0.2) is 38.8 Å². The molecule has 0 saturated heterocycles. The van der Waals surface area contributed by atoms with Crippen LogP contribution in [0, 0.1) is 0 Å². The molecule has 150 valence electrons. The molecule has 0 unspecified atom stereocenters. The molecule has 1 amide bonds. The van der Waals surface area contributed by atoms with Gasteiger partial charge in [0.1, 0.15) is 0 Å². The molecule has 29 heavy (non-hydrogen) atoms. The summed E-state index contributed by atoms with van der Waals surface area (Å²) in [6.07, 6.45) is 2.72. The highest BCUT2D eigenvalue weighted by molar-refractivity contribution is 6.04. The zero-order valence-electron chi connectivity index (χ0n) is 16.8. The third-order valence-corrected chi connectivity index (χ3v) is 4.92. The van der Waals surface area contributed by atoms with Gasteiger partial charge in [-0.3, -0.25) is 4.79 Å². The van der Waals surface area contributed by atoms with E-state index in [0.717, 1.165) is 18.4 Å². The van der Waals surface area contributed by atoms with Crippen molar-refractivity contribution < 1.29 is 14.3 Å². The van der Waals surface area contributed by atoms with Gasteiger partial charge in [0.15, 0.2) is 11.8 Å². The quantitative estimate of drug-likeness (QED) is 0.649. The second-order valence-corrected chi connectivity index (χ2v) is 7.67. The fraction of sp³-hybridized carbons (Fsp3) is 0.364. The molecule has 2 heterocycles. The van der Waals surface area contributed by atoms with Gasteiger partial charge in [-0.2, -0.15) is 5.10 Å². The standard InChI is InChI=1S/C22H24N4O3/c1-13(2)26-20-18(12-23-26)17(11-19(25-20)15-7-5-4-6-8-15)22(28)29-14(3)21(27)24-16-9-10-16/h4-8,11-14,16H,9-10H2,1-3H3,(H,24,27)/t14-/m0/s1. The van der Waals surface area contributed by atoms with Crippen LogP contribution in [0.5, 0.6) is 0 Å². The van der Waals surface area contributed by atoms with Gasteiger partial charge in [0.2, 0.25) is 0 Å². The summed E-state index contributed by atoms with van der Waals surface area (Å²) in [5.41, 5.74) is 2.51. The van der Waals surface area contributed by atoms with Gasteiger partial charge in [0.25, 0.3) is 5.91 Å². The fourth-order valence-electron chi connectivity index (χ4n) is 3.15. The van der Waals surface area contributed by atoms with Gasteiger partial charge >= 0.3 is 5.97 Å². The van der Waals surface area contributed by atoms with E-state index in [1.807, 2.05) is 44.2 Å². The van der Waals surface area contributed by atoms with E-state index >= 15 is 0 Å². The molecule has 1 aromatic carbocycles. The topological polar surface area (TPSA) is 86.1 Å². The summed E-state index contributed by atoms with van der Waals surface area (Å²) < 4.78 is 7.26. The van der Waals surface area contributed by atoms with Gasteiger partial charge in [-0.05, 0) is 39.7 Å². The molecule has 0 radical (unpaired) electrons. The minimum absolute atomic E-state index is 0.0816. The number of nitrogens with one attached hydrogen (secondary N) is 1. The number of carbonyl (C=O) groups excluding carboxylic acids is 2. The summed E-state index contributed by atoms with van der Waals surface area (Å²) >= 11 is 0. The Hall–Kier alpha value is -3.22. The van der Waals surface area contributed by atoms with Gasteiger partial charge in [0, 0.05) is 17.6 Å². The first kappa shape index (κ1) is 19.1. The summed E-state index contributed by atoms with van der Waals surface area (Å²) in [6, 6.07) is 11.6. The predicted molar refractivity (Wildman–Crippen MR) is 109 cm³/mol. The molecule has 0 aliphatic heterocycles. The number of nitrogens with zero attached hydrogens (tertiary/aromatic N) is 3. The third kappa shape index (κ3) is 3.99. The van der Waals surface area contributed by atoms with E-state index in [2.05, 4.69) is 10.4 Å². The van der Waals surface area contributed by atoms with Gasteiger partial charge < -0.3 is 10.1 Å². The van der Waals surface area contributed by atoms with Crippen molar-refractivity contribution in [3.8, 4) is 11.3 Å². The molecular formula is C22H24N4O3. The predicted octanol–water partition coefficient (Wildman–Crippen LogP) is 3.50. The Bertz CT molecular complexity index is 1050. The van der Waals surface area contributed by atoms with Crippen LogP contribution in [0.15, 0.2) is 42.6 Å². The van der Waals surface area contributed by atoms with E-state index in [9.17, 15) is 9.59 Å². The fourth-order valence-corrected chi connectivity index (χ4v) is 3.15. The van der Waals surface area contributed by atoms with Crippen molar-refractivity contribution in [1.29, 1.82) is 0 Å². The lowest BCUT2D eigenvalue weighted by atomic mass is 10.1. The first-order valence-electron chi connectivity index (χ1n) is 9.89. The number of hydrogen-bond acceptors (Lipinski definition) is 5. The Balaban J connectivity index is 1.71. The second-order valence-electron chi connectivity index (χ2n) is 7.67. The molecule has 1 saturated carbocycles. The van der Waals surface area contributed by atoms with Crippen molar-refractivity contribution in [2.75, 3.05) is 0 Å². The third-order valence-electron chi connectivity index (χ3n) is 4.92. The lowest BCUT2D eigenvalue weighted by Crippen LogP contribution is -2.37. The summed E-state index contributed by atoms with van der Waals surface area (Å²) in [7, 11) is 0. The highest BCUT2D eigenvalue weighted by atomic mass is 16.5. The van der Waals surface area contributed by atoms with Crippen LogP contribution in [0.4, 0.5) is 0 Å². The van der Waals surface area contributed by atoms with Crippen molar-refractivity contribution in [2.45, 2.75) is 51.8 Å². The lowest BCUT2D eigenvalue weighted by molar-refractivity contribution is -0.129. The van der Waals surface area contributed by atoms with Gasteiger partial charge in [-0.15, -0.1) is 0 Å². The van der Waals surface area contributed by atoms with Crippen molar-refractivity contribution >= 4 is 22.9 Å². The van der Waals surface area contributed by atoms with E-state index < -0.39 is 12.1 Å². The zero-order chi connectivity index (χ0) is 20.5. The molecule has 0 spiro atoms. The number of benzene rings is 1. The molecule has 7 heteroatoms. The van der Waals surface area contributed by atoms with E-state index in [-0.39, 0.29) is 18.0 Å². The summed E-state index contributed by atoms with van der Waals surface area (Å²) in [6.45, 7) is 5.60. The SMILES string of the molecule is CC(C)n1ncc2c(C(=O)O[C@@H](C)C(=O)NC3CC3)cc(-c3ccccc3)nc21. The largest absolute Gasteiger partial charge is 0.449 e. The van der Waals surface area contributed by atoms with Crippen molar-refractivity contribution in [3.05, 3.63) is 48.2 Å². The maximum absolute atomic E-state index is 13.0. The molecule has 1 N–H and O–H groups in total. The minimum Gasteiger partial charge on any atom is -0.449 e. The number of fused-ring (bicyclic) bond motifs is 1. The van der Waals surface area contributed by atoms with Gasteiger partial charge in [-0.25, -0.2) is 14.5 Å². The Labute approximate surface area is 169 Å². The zero-order valence-corrected chi connectivity index (χ0v) is 16.8. The molecule has 1 fully saturated rings. The van der Waals surface area contributed by atoms with E-state index in [1.54, 1.807) is 23.9 Å². The molecule has 3 aromatic rings. The number of amides is 1. The maximum Gasteiger partial charge on any atom is 0.339 e. The smallest absolute Gasteiger partial charge is 0.339 e.